The van der Waals surface area contributed by atoms with Crippen LogP contribution in [0.25, 0.3) is 28.2 Å². The number of hydrogen-bond donors (Lipinski definition) is 1. The summed E-state index contributed by atoms with van der Waals surface area (Å²) in [5.41, 5.74) is 3.42. The van der Waals surface area contributed by atoms with Crippen LogP contribution in [0.15, 0.2) is 70.3 Å². The Bertz CT molecular complexity index is 1590. The first-order valence-corrected chi connectivity index (χ1v) is 10.9. The summed E-state index contributed by atoms with van der Waals surface area (Å²) in [4.78, 5) is 30.4. The van der Waals surface area contributed by atoms with E-state index < -0.39 is 17.4 Å². The van der Waals surface area contributed by atoms with Crippen molar-refractivity contribution < 1.29 is 5.11 Å². The average molecular weight is 444 g/mol. The molecule has 1 N–H and O–H groups in total. The summed E-state index contributed by atoms with van der Waals surface area (Å²) in [6.45, 7) is 2.27. The average Bonchev–Trinajstić information content (AvgIpc) is 3.37. The second kappa shape index (κ2) is 7.90. The number of rotatable bonds is 5. The molecule has 3 aromatic heterocycles. The van der Waals surface area contributed by atoms with Crippen LogP contribution in [0.1, 0.15) is 24.3 Å². The number of aliphatic hydroxyl groups is 1. The molecular weight excluding hydrogens is 418 g/mol. The maximum absolute atomic E-state index is 13.2. The number of fused-ring (bicyclic) bond motifs is 3. The van der Waals surface area contributed by atoms with Crippen LogP contribution in [0, 0.1) is 0 Å². The van der Waals surface area contributed by atoms with Gasteiger partial charge in [0, 0.05) is 19.7 Å². The second-order valence-electron chi connectivity index (χ2n) is 8.18. The van der Waals surface area contributed by atoms with Gasteiger partial charge in [-0.1, -0.05) is 67.6 Å². The molecule has 0 bridgehead atoms. The van der Waals surface area contributed by atoms with Gasteiger partial charge in [0.2, 0.25) is 5.78 Å². The van der Waals surface area contributed by atoms with Crippen LogP contribution in [0.5, 0.6) is 0 Å². The lowest BCUT2D eigenvalue weighted by Crippen LogP contribution is -2.37. The van der Waals surface area contributed by atoms with E-state index in [1.807, 2.05) is 76.6 Å². The minimum Gasteiger partial charge on any atom is -0.387 e. The lowest BCUT2D eigenvalue weighted by Gasteiger charge is -2.16. The summed E-state index contributed by atoms with van der Waals surface area (Å²) in [7, 11) is 3.09. The first-order valence-electron chi connectivity index (χ1n) is 10.9. The molecule has 8 heteroatoms. The van der Waals surface area contributed by atoms with Crippen molar-refractivity contribution in [2.24, 2.45) is 14.1 Å². The Balaban J connectivity index is 1.89. The molecular formula is C25H25N5O3. The molecule has 168 valence electrons. The van der Waals surface area contributed by atoms with Gasteiger partial charge in [0.1, 0.15) is 0 Å². The molecule has 33 heavy (non-hydrogen) atoms. The number of aliphatic hydroxyl groups excluding tert-OH is 1. The molecule has 0 radical (unpaired) electrons. The fraction of sp³-hybridized carbons (Fsp3) is 0.240. The summed E-state index contributed by atoms with van der Waals surface area (Å²) < 4.78 is 6.30. The van der Waals surface area contributed by atoms with Crippen LogP contribution >= 0.6 is 0 Å². The van der Waals surface area contributed by atoms with Gasteiger partial charge in [0.25, 0.3) is 5.56 Å². The van der Waals surface area contributed by atoms with Crippen molar-refractivity contribution in [3.05, 3.63) is 92.8 Å². The fourth-order valence-electron chi connectivity index (χ4n) is 4.55. The van der Waals surface area contributed by atoms with Crippen LogP contribution in [0.2, 0.25) is 0 Å². The SMILES string of the molecule is CCc1c(-c2ccccc2)n(C[C@H](O)c2ccccc2)c2nc3c(c(=O)n(C)c(=O)n3C)n12. The minimum absolute atomic E-state index is 0.245. The molecule has 5 aromatic rings. The molecule has 2 aromatic carbocycles. The Morgan fingerprint density at radius 2 is 1.58 bits per heavy atom. The van der Waals surface area contributed by atoms with E-state index in [0.717, 1.165) is 27.1 Å². The number of nitrogens with zero attached hydrogens (tertiary/aromatic N) is 5. The number of hydrogen-bond acceptors (Lipinski definition) is 4. The molecule has 3 heterocycles. The zero-order valence-corrected chi connectivity index (χ0v) is 18.8. The third-order valence-corrected chi connectivity index (χ3v) is 6.22. The highest BCUT2D eigenvalue weighted by molar-refractivity contribution is 5.80. The van der Waals surface area contributed by atoms with Gasteiger partial charge in [-0.25, -0.2) is 4.79 Å². The minimum atomic E-state index is -0.777. The second-order valence-corrected chi connectivity index (χ2v) is 8.18. The number of imidazole rings is 2. The predicted octanol–water partition coefficient (Wildman–Crippen LogP) is 2.65. The standard InChI is InChI=1S/C25H25N5O3/c1-4-18-20(17-13-9-6-10-14-17)29(15-19(31)16-11-7-5-8-12-16)24-26-22-21(30(18)24)23(32)28(3)25(33)27(22)2/h5-14,19,31H,4,15H2,1-3H3/t19-/m0/s1. The molecule has 1 atom stereocenters. The van der Waals surface area contributed by atoms with Gasteiger partial charge in [-0.05, 0) is 12.0 Å². The predicted molar refractivity (Wildman–Crippen MR) is 127 cm³/mol. The van der Waals surface area contributed by atoms with Gasteiger partial charge in [-0.3, -0.25) is 18.3 Å². The van der Waals surface area contributed by atoms with E-state index in [0.29, 0.717) is 23.4 Å². The van der Waals surface area contributed by atoms with Gasteiger partial charge in [0.15, 0.2) is 11.2 Å². The van der Waals surface area contributed by atoms with E-state index >= 15 is 0 Å². The van der Waals surface area contributed by atoms with Gasteiger partial charge < -0.3 is 9.67 Å². The van der Waals surface area contributed by atoms with Crippen molar-refractivity contribution in [1.82, 2.24) is 23.1 Å². The van der Waals surface area contributed by atoms with Crippen LogP contribution < -0.4 is 11.2 Å². The molecule has 0 unspecified atom stereocenters. The van der Waals surface area contributed by atoms with Gasteiger partial charge in [0.05, 0.1) is 24.0 Å². The summed E-state index contributed by atoms with van der Waals surface area (Å²) in [5.74, 6) is 0.522. The van der Waals surface area contributed by atoms with Crippen LogP contribution in [0.3, 0.4) is 0 Å². The zero-order valence-electron chi connectivity index (χ0n) is 18.8. The highest BCUT2D eigenvalue weighted by atomic mass is 16.3. The Hall–Kier alpha value is -3.91. The van der Waals surface area contributed by atoms with Crippen LogP contribution in [0.4, 0.5) is 0 Å². The van der Waals surface area contributed by atoms with E-state index in [4.69, 9.17) is 4.98 Å². The first kappa shape index (κ1) is 21.0. The maximum Gasteiger partial charge on any atom is 0.332 e. The van der Waals surface area contributed by atoms with Gasteiger partial charge >= 0.3 is 5.69 Å². The van der Waals surface area contributed by atoms with E-state index in [1.54, 1.807) is 7.05 Å². The molecule has 0 saturated heterocycles. The Morgan fingerprint density at radius 1 is 0.939 bits per heavy atom. The number of benzene rings is 2. The molecule has 0 fully saturated rings. The van der Waals surface area contributed by atoms with Crippen molar-refractivity contribution in [3.63, 3.8) is 0 Å². The monoisotopic (exact) mass is 443 g/mol. The molecule has 0 spiro atoms. The van der Waals surface area contributed by atoms with Crippen molar-refractivity contribution in [1.29, 1.82) is 0 Å². The maximum atomic E-state index is 13.2. The molecule has 0 aliphatic carbocycles. The Kier molecular flexibility index (Phi) is 5.02. The van der Waals surface area contributed by atoms with E-state index in [1.165, 1.54) is 11.6 Å². The summed E-state index contributed by atoms with van der Waals surface area (Å²) in [5, 5.41) is 11.1. The third kappa shape index (κ3) is 3.14. The van der Waals surface area contributed by atoms with Crippen LogP contribution in [-0.4, -0.2) is 28.2 Å². The van der Waals surface area contributed by atoms with Gasteiger partial charge in [-0.2, -0.15) is 4.98 Å². The van der Waals surface area contributed by atoms with Crippen molar-refractivity contribution in [2.45, 2.75) is 26.0 Å². The lowest BCUT2D eigenvalue weighted by molar-refractivity contribution is 0.158. The summed E-state index contributed by atoms with van der Waals surface area (Å²) in [6.07, 6.45) is -0.145. The highest BCUT2D eigenvalue weighted by Crippen LogP contribution is 2.32. The van der Waals surface area contributed by atoms with Gasteiger partial charge in [-0.15, -0.1) is 0 Å². The molecule has 8 nitrogen and oxygen atoms in total. The van der Waals surface area contributed by atoms with E-state index in [9.17, 15) is 14.7 Å². The largest absolute Gasteiger partial charge is 0.387 e. The fourth-order valence-corrected chi connectivity index (χ4v) is 4.55. The Labute approximate surface area is 189 Å². The third-order valence-electron chi connectivity index (χ3n) is 6.22. The number of aromatic nitrogens is 5. The summed E-state index contributed by atoms with van der Waals surface area (Å²) in [6, 6.07) is 19.4. The van der Waals surface area contributed by atoms with Crippen molar-refractivity contribution in [3.8, 4) is 11.3 Å². The first-order chi connectivity index (χ1) is 15.9. The van der Waals surface area contributed by atoms with E-state index in [-0.39, 0.29) is 6.54 Å². The van der Waals surface area contributed by atoms with Crippen molar-refractivity contribution >= 4 is 16.9 Å². The molecule has 0 saturated carbocycles. The van der Waals surface area contributed by atoms with Crippen molar-refractivity contribution in [2.75, 3.05) is 0 Å². The van der Waals surface area contributed by atoms with E-state index in [2.05, 4.69) is 0 Å². The molecule has 0 aliphatic heterocycles. The molecule has 5 rings (SSSR count). The van der Waals surface area contributed by atoms with Crippen LogP contribution in [-0.2, 0) is 27.1 Å². The molecule has 0 amide bonds. The Morgan fingerprint density at radius 3 is 2.21 bits per heavy atom. The normalized spacial score (nSPS) is 12.6. The topological polar surface area (TPSA) is 86.5 Å². The smallest absolute Gasteiger partial charge is 0.332 e. The summed E-state index contributed by atoms with van der Waals surface area (Å²) >= 11 is 0. The number of aryl methyl sites for hydroxylation is 2. The zero-order chi connectivity index (χ0) is 23.3. The quantitative estimate of drug-likeness (QED) is 0.453. The molecule has 0 aliphatic rings. The highest BCUT2D eigenvalue weighted by Gasteiger charge is 2.26. The lowest BCUT2D eigenvalue weighted by atomic mass is 10.1.